The van der Waals surface area contributed by atoms with E-state index >= 15 is 0 Å². The van der Waals surface area contributed by atoms with E-state index in [1.54, 1.807) is 16.7 Å². The fraction of sp³-hybridized carbons (Fsp3) is 0.423. The number of rotatable bonds is 6. The zero-order valence-electron chi connectivity index (χ0n) is 18.7. The summed E-state index contributed by atoms with van der Waals surface area (Å²) < 4.78 is 0. The number of piperidine rings is 2. The molecule has 5 rings (SSSR count). The molecule has 3 aliphatic heterocycles. The molecule has 3 amide bonds. The third-order valence-electron chi connectivity index (χ3n) is 6.81. The first-order valence-electron chi connectivity index (χ1n) is 11.8. The fourth-order valence-electron chi connectivity index (χ4n) is 4.97. The van der Waals surface area contributed by atoms with Gasteiger partial charge in [-0.1, -0.05) is 36.8 Å². The average molecular weight is 464 g/mol. The Labute approximate surface area is 198 Å². The molecule has 0 unspecified atom stereocenters. The van der Waals surface area contributed by atoms with Crippen molar-refractivity contribution >= 4 is 29.5 Å². The predicted octanol–water partition coefficient (Wildman–Crippen LogP) is 3.73. The fourth-order valence-corrected chi connectivity index (χ4v) is 6.01. The Morgan fingerprint density at radius 3 is 2.45 bits per heavy atom. The summed E-state index contributed by atoms with van der Waals surface area (Å²) in [6, 6.07) is 14.1. The van der Waals surface area contributed by atoms with Crippen LogP contribution < -0.4 is 5.32 Å². The lowest BCUT2D eigenvalue weighted by Gasteiger charge is -2.29. The minimum Gasteiger partial charge on any atom is -0.322 e. The molecule has 33 heavy (non-hydrogen) atoms. The number of benzene rings is 2. The number of amides is 3. The minimum absolute atomic E-state index is 0.121. The van der Waals surface area contributed by atoms with Crippen LogP contribution >= 0.6 is 11.8 Å². The maximum absolute atomic E-state index is 13.0. The van der Waals surface area contributed by atoms with Crippen LogP contribution in [-0.2, 0) is 28.4 Å². The molecular formula is C26H29N3O3S. The van der Waals surface area contributed by atoms with E-state index < -0.39 is 6.04 Å². The van der Waals surface area contributed by atoms with Crippen LogP contribution in [-0.4, -0.2) is 46.7 Å². The second-order valence-corrected chi connectivity index (χ2v) is 10.1. The molecule has 172 valence electrons. The van der Waals surface area contributed by atoms with Gasteiger partial charge in [-0.05, 0) is 61.2 Å². The molecule has 1 atom stereocenters. The normalized spacial score (nSPS) is 21.3. The minimum atomic E-state index is -0.576. The van der Waals surface area contributed by atoms with Crippen LogP contribution in [0.15, 0.2) is 47.4 Å². The summed E-state index contributed by atoms with van der Waals surface area (Å²) in [6.07, 6.45) is 4.62. The second kappa shape index (κ2) is 9.69. The molecule has 2 aromatic carbocycles. The molecule has 1 N–H and O–H groups in total. The third kappa shape index (κ3) is 4.84. The number of hydrogen-bond acceptors (Lipinski definition) is 5. The van der Waals surface area contributed by atoms with Gasteiger partial charge in [0.25, 0.3) is 5.91 Å². The Hall–Kier alpha value is -2.64. The van der Waals surface area contributed by atoms with Gasteiger partial charge in [-0.15, -0.1) is 11.8 Å². The lowest BCUT2D eigenvalue weighted by atomic mass is 10.0. The van der Waals surface area contributed by atoms with Crippen molar-refractivity contribution in [3.05, 3.63) is 64.7 Å². The highest BCUT2D eigenvalue weighted by molar-refractivity contribution is 7.98. The van der Waals surface area contributed by atoms with E-state index in [4.69, 9.17) is 0 Å². The van der Waals surface area contributed by atoms with E-state index in [1.807, 2.05) is 12.1 Å². The van der Waals surface area contributed by atoms with Gasteiger partial charge in [0.15, 0.2) is 0 Å². The summed E-state index contributed by atoms with van der Waals surface area (Å²) in [4.78, 5) is 42.0. The maximum atomic E-state index is 13.0. The summed E-state index contributed by atoms with van der Waals surface area (Å²) in [5.41, 5.74) is 4.27. The smallest absolute Gasteiger partial charge is 0.255 e. The van der Waals surface area contributed by atoms with Crippen molar-refractivity contribution < 1.29 is 14.4 Å². The Kier molecular flexibility index (Phi) is 6.51. The molecule has 2 aromatic rings. The highest BCUT2D eigenvalue weighted by atomic mass is 32.2. The molecule has 6 nitrogen and oxygen atoms in total. The maximum Gasteiger partial charge on any atom is 0.255 e. The first-order chi connectivity index (χ1) is 16.1. The van der Waals surface area contributed by atoms with Crippen LogP contribution in [0.5, 0.6) is 0 Å². The number of imide groups is 1. The van der Waals surface area contributed by atoms with Gasteiger partial charge in [0.2, 0.25) is 11.8 Å². The molecule has 0 aromatic heterocycles. The van der Waals surface area contributed by atoms with Crippen molar-refractivity contribution in [2.45, 2.75) is 61.9 Å². The van der Waals surface area contributed by atoms with Crippen molar-refractivity contribution in [2.24, 2.45) is 0 Å². The standard InChI is InChI=1S/C26H29N3O3S/c30-24-12-11-22(25(31)27-24)29-16-21-20(26(29)32)5-4-6-23(21)33-17-19-9-7-18(8-10-19)15-28-13-2-1-3-14-28/h4-10,22H,1-3,11-17H2,(H,27,30,31)/t22-/m1/s1. The van der Waals surface area contributed by atoms with E-state index in [2.05, 4.69) is 40.5 Å². The lowest BCUT2D eigenvalue weighted by molar-refractivity contribution is -0.136. The summed E-state index contributed by atoms with van der Waals surface area (Å²) in [5.74, 6) is 0.0708. The number of thioether (sulfide) groups is 1. The molecule has 2 fully saturated rings. The lowest BCUT2D eigenvalue weighted by Crippen LogP contribution is -2.52. The van der Waals surface area contributed by atoms with Crippen molar-refractivity contribution in [2.75, 3.05) is 13.1 Å². The molecule has 0 bridgehead atoms. The highest BCUT2D eigenvalue weighted by Gasteiger charge is 2.39. The molecule has 0 spiro atoms. The van der Waals surface area contributed by atoms with E-state index in [9.17, 15) is 14.4 Å². The predicted molar refractivity (Wildman–Crippen MR) is 128 cm³/mol. The van der Waals surface area contributed by atoms with E-state index in [0.717, 1.165) is 22.8 Å². The number of carbonyl (C=O) groups excluding carboxylic acids is 3. The molecule has 3 heterocycles. The highest BCUT2D eigenvalue weighted by Crippen LogP contribution is 2.35. The van der Waals surface area contributed by atoms with Gasteiger partial charge in [0.1, 0.15) is 6.04 Å². The molecule has 2 saturated heterocycles. The van der Waals surface area contributed by atoms with Gasteiger partial charge < -0.3 is 4.90 Å². The molecule has 7 heteroatoms. The van der Waals surface area contributed by atoms with E-state index in [0.29, 0.717) is 18.5 Å². The molecule has 0 saturated carbocycles. The van der Waals surface area contributed by atoms with Crippen LogP contribution in [0.1, 0.15) is 59.2 Å². The van der Waals surface area contributed by atoms with Crippen LogP contribution in [0.2, 0.25) is 0 Å². The zero-order chi connectivity index (χ0) is 22.8. The van der Waals surface area contributed by atoms with Crippen LogP contribution in [0.4, 0.5) is 0 Å². The number of nitrogens with zero attached hydrogens (tertiary/aromatic N) is 2. The van der Waals surface area contributed by atoms with Crippen molar-refractivity contribution in [1.82, 2.24) is 15.1 Å². The Morgan fingerprint density at radius 1 is 0.939 bits per heavy atom. The number of nitrogens with one attached hydrogen (secondary N) is 1. The second-order valence-electron chi connectivity index (χ2n) is 9.12. The van der Waals surface area contributed by atoms with Gasteiger partial charge in [-0.3, -0.25) is 24.6 Å². The van der Waals surface area contributed by atoms with Gasteiger partial charge in [0.05, 0.1) is 0 Å². The largest absolute Gasteiger partial charge is 0.322 e. The van der Waals surface area contributed by atoms with Crippen molar-refractivity contribution in [3.63, 3.8) is 0 Å². The Morgan fingerprint density at radius 2 is 1.70 bits per heavy atom. The Bertz CT molecular complexity index is 1060. The zero-order valence-corrected chi connectivity index (χ0v) is 19.5. The quantitative estimate of drug-likeness (QED) is 0.522. The van der Waals surface area contributed by atoms with E-state index in [1.165, 1.54) is 43.5 Å². The number of likely N-dealkylation sites (tertiary alicyclic amines) is 1. The summed E-state index contributed by atoms with van der Waals surface area (Å²) in [5, 5.41) is 2.37. The number of fused-ring (bicyclic) bond motifs is 1. The SMILES string of the molecule is O=C1CC[C@@H](N2Cc3c(SCc4ccc(CN5CCCCC5)cc4)cccc3C2=O)C(=O)N1. The van der Waals surface area contributed by atoms with Crippen LogP contribution in [0.3, 0.4) is 0 Å². The van der Waals surface area contributed by atoms with Gasteiger partial charge in [-0.2, -0.15) is 0 Å². The monoisotopic (exact) mass is 463 g/mol. The summed E-state index contributed by atoms with van der Waals surface area (Å²) in [7, 11) is 0. The van der Waals surface area contributed by atoms with Crippen molar-refractivity contribution in [1.29, 1.82) is 0 Å². The van der Waals surface area contributed by atoms with Gasteiger partial charge in [0, 0.05) is 35.7 Å². The van der Waals surface area contributed by atoms with E-state index in [-0.39, 0.29) is 24.1 Å². The molecular weight excluding hydrogens is 434 g/mol. The topological polar surface area (TPSA) is 69.7 Å². The molecule has 0 aliphatic carbocycles. The first-order valence-corrected chi connectivity index (χ1v) is 12.8. The molecule has 0 radical (unpaired) electrons. The molecule has 3 aliphatic rings. The number of hydrogen-bond donors (Lipinski definition) is 1. The number of carbonyl (C=O) groups is 3. The van der Waals surface area contributed by atoms with Gasteiger partial charge in [-0.25, -0.2) is 0 Å². The average Bonchev–Trinajstić information content (AvgIpc) is 3.16. The van der Waals surface area contributed by atoms with Crippen LogP contribution in [0.25, 0.3) is 0 Å². The first kappa shape index (κ1) is 22.2. The van der Waals surface area contributed by atoms with Crippen molar-refractivity contribution in [3.8, 4) is 0 Å². The van der Waals surface area contributed by atoms with Gasteiger partial charge >= 0.3 is 0 Å². The Balaban J connectivity index is 1.23. The summed E-state index contributed by atoms with van der Waals surface area (Å²) in [6.45, 7) is 3.84. The van der Waals surface area contributed by atoms with Crippen LogP contribution in [0, 0.1) is 0 Å². The third-order valence-corrected chi connectivity index (χ3v) is 7.98. The summed E-state index contributed by atoms with van der Waals surface area (Å²) >= 11 is 1.73.